The van der Waals surface area contributed by atoms with Gasteiger partial charge in [0.15, 0.2) is 0 Å². The Hall–Kier alpha value is -1.27. The second-order valence-electron chi connectivity index (χ2n) is 3.57. The van der Waals surface area contributed by atoms with Gasteiger partial charge in [-0.1, -0.05) is 0 Å². The summed E-state index contributed by atoms with van der Waals surface area (Å²) in [6.45, 7) is 3.18. The maximum absolute atomic E-state index is 5.77. The molecule has 0 unspecified atom stereocenters. The summed E-state index contributed by atoms with van der Waals surface area (Å²) in [6.07, 6.45) is 0. The van der Waals surface area contributed by atoms with Crippen LogP contribution in [-0.2, 0) is 6.54 Å². The second-order valence-corrected chi connectivity index (χ2v) is 5.42. The van der Waals surface area contributed by atoms with Crippen molar-refractivity contribution in [3.63, 3.8) is 0 Å². The van der Waals surface area contributed by atoms with Crippen LogP contribution in [0.2, 0.25) is 0 Å². The first-order valence-electron chi connectivity index (χ1n) is 5.55. The van der Waals surface area contributed by atoms with Gasteiger partial charge in [0.25, 0.3) is 0 Å². The van der Waals surface area contributed by atoms with Crippen molar-refractivity contribution in [2.75, 3.05) is 17.7 Å². The molecule has 0 saturated carbocycles. The summed E-state index contributed by atoms with van der Waals surface area (Å²) in [6, 6.07) is 5.67. The molecule has 0 aliphatic rings. The standard InChI is InChI=1S/C12H14BrN3OS/c1-2-17-12-9(14)3-4-11(16-12)15-7-10-8(13)5-6-18-10/h3-6H,2,7,14H2,1H3,(H,15,16). The van der Waals surface area contributed by atoms with Gasteiger partial charge >= 0.3 is 0 Å². The molecule has 0 atom stereocenters. The Morgan fingerprint density at radius 1 is 1.44 bits per heavy atom. The number of rotatable bonds is 5. The van der Waals surface area contributed by atoms with Gasteiger partial charge in [0.1, 0.15) is 5.82 Å². The first kappa shape index (κ1) is 13.2. The van der Waals surface area contributed by atoms with Crippen LogP contribution in [0.1, 0.15) is 11.8 Å². The van der Waals surface area contributed by atoms with Gasteiger partial charge in [0, 0.05) is 9.35 Å². The van der Waals surface area contributed by atoms with E-state index in [-0.39, 0.29) is 0 Å². The Bertz CT molecular complexity index is 530. The van der Waals surface area contributed by atoms with Gasteiger partial charge in [-0.15, -0.1) is 11.3 Å². The fourth-order valence-corrected chi connectivity index (χ4v) is 2.86. The van der Waals surface area contributed by atoms with Crippen molar-refractivity contribution >= 4 is 38.8 Å². The van der Waals surface area contributed by atoms with E-state index in [4.69, 9.17) is 10.5 Å². The fraction of sp³-hybridized carbons (Fsp3) is 0.250. The molecule has 96 valence electrons. The van der Waals surface area contributed by atoms with Crippen LogP contribution < -0.4 is 15.8 Å². The quantitative estimate of drug-likeness (QED) is 0.882. The zero-order chi connectivity index (χ0) is 13.0. The number of ether oxygens (including phenoxy) is 1. The molecule has 4 nitrogen and oxygen atoms in total. The lowest BCUT2D eigenvalue weighted by Gasteiger charge is -2.09. The molecule has 0 radical (unpaired) electrons. The number of hydrogen-bond donors (Lipinski definition) is 2. The van der Waals surface area contributed by atoms with Crippen LogP contribution in [0.15, 0.2) is 28.1 Å². The maximum Gasteiger partial charge on any atom is 0.239 e. The monoisotopic (exact) mass is 327 g/mol. The molecule has 0 spiro atoms. The minimum Gasteiger partial charge on any atom is -0.476 e. The molecule has 2 heterocycles. The summed E-state index contributed by atoms with van der Waals surface area (Å²) >= 11 is 5.19. The van der Waals surface area contributed by atoms with Crippen LogP contribution in [0, 0.1) is 0 Å². The molecule has 18 heavy (non-hydrogen) atoms. The number of nitrogen functional groups attached to an aromatic ring is 1. The summed E-state index contributed by atoms with van der Waals surface area (Å²) in [5.41, 5.74) is 6.32. The van der Waals surface area contributed by atoms with E-state index in [2.05, 4.69) is 26.2 Å². The Morgan fingerprint density at radius 2 is 2.28 bits per heavy atom. The summed E-state index contributed by atoms with van der Waals surface area (Å²) in [4.78, 5) is 5.55. The lowest BCUT2D eigenvalue weighted by atomic mass is 10.4. The summed E-state index contributed by atoms with van der Waals surface area (Å²) in [5.74, 6) is 1.24. The number of aromatic nitrogens is 1. The number of nitrogens with zero attached hydrogens (tertiary/aromatic N) is 1. The third kappa shape index (κ3) is 3.14. The van der Waals surface area contributed by atoms with Crippen molar-refractivity contribution in [3.05, 3.63) is 32.9 Å². The van der Waals surface area contributed by atoms with Gasteiger partial charge in [-0.2, -0.15) is 4.98 Å². The third-order valence-corrected chi connectivity index (χ3v) is 4.22. The number of anilines is 2. The zero-order valence-corrected chi connectivity index (χ0v) is 12.3. The predicted molar refractivity (Wildman–Crippen MR) is 79.2 cm³/mol. The highest BCUT2D eigenvalue weighted by atomic mass is 79.9. The van der Waals surface area contributed by atoms with E-state index in [1.54, 1.807) is 17.4 Å². The maximum atomic E-state index is 5.77. The molecule has 0 bridgehead atoms. The zero-order valence-electron chi connectivity index (χ0n) is 9.94. The van der Waals surface area contributed by atoms with Gasteiger partial charge in [-0.05, 0) is 46.4 Å². The second kappa shape index (κ2) is 6.06. The van der Waals surface area contributed by atoms with Crippen molar-refractivity contribution in [2.45, 2.75) is 13.5 Å². The topological polar surface area (TPSA) is 60.2 Å². The van der Waals surface area contributed by atoms with Crippen molar-refractivity contribution in [1.82, 2.24) is 4.98 Å². The molecule has 2 aromatic rings. The first-order valence-corrected chi connectivity index (χ1v) is 7.23. The molecular formula is C12H14BrN3OS. The van der Waals surface area contributed by atoms with Crippen LogP contribution in [0.5, 0.6) is 5.88 Å². The van der Waals surface area contributed by atoms with Gasteiger partial charge in [0.05, 0.1) is 18.8 Å². The van der Waals surface area contributed by atoms with Crippen molar-refractivity contribution < 1.29 is 4.74 Å². The number of hydrogen-bond acceptors (Lipinski definition) is 5. The summed E-state index contributed by atoms with van der Waals surface area (Å²) < 4.78 is 6.47. The highest BCUT2D eigenvalue weighted by Crippen LogP contribution is 2.25. The van der Waals surface area contributed by atoms with E-state index < -0.39 is 0 Å². The van der Waals surface area contributed by atoms with Crippen molar-refractivity contribution in [3.8, 4) is 5.88 Å². The summed E-state index contributed by atoms with van der Waals surface area (Å²) in [7, 11) is 0. The molecule has 2 rings (SSSR count). The van der Waals surface area contributed by atoms with Crippen LogP contribution in [0.25, 0.3) is 0 Å². The number of nitrogens with one attached hydrogen (secondary N) is 1. The van der Waals surface area contributed by atoms with Gasteiger partial charge < -0.3 is 15.8 Å². The highest BCUT2D eigenvalue weighted by molar-refractivity contribution is 9.10. The van der Waals surface area contributed by atoms with E-state index >= 15 is 0 Å². The Labute approximate surface area is 118 Å². The molecule has 0 aromatic carbocycles. The number of nitrogens with two attached hydrogens (primary N) is 1. The van der Waals surface area contributed by atoms with E-state index in [0.717, 1.165) is 16.8 Å². The summed E-state index contributed by atoms with van der Waals surface area (Å²) in [5, 5.41) is 5.29. The third-order valence-electron chi connectivity index (χ3n) is 2.29. The van der Waals surface area contributed by atoms with Crippen LogP contribution in [0.3, 0.4) is 0 Å². The SMILES string of the molecule is CCOc1nc(NCc2sccc2Br)ccc1N. The van der Waals surface area contributed by atoms with Gasteiger partial charge in [0.2, 0.25) is 5.88 Å². The van der Waals surface area contributed by atoms with Crippen LogP contribution >= 0.6 is 27.3 Å². The van der Waals surface area contributed by atoms with Gasteiger partial charge in [-0.3, -0.25) is 0 Å². The molecule has 0 saturated heterocycles. The van der Waals surface area contributed by atoms with Crippen LogP contribution in [0.4, 0.5) is 11.5 Å². The van der Waals surface area contributed by atoms with Gasteiger partial charge in [-0.25, -0.2) is 0 Å². The molecule has 0 amide bonds. The lowest BCUT2D eigenvalue weighted by molar-refractivity contribution is 0.329. The Balaban J connectivity index is 2.05. The predicted octanol–water partition coefficient (Wildman–Crippen LogP) is 3.50. The van der Waals surface area contributed by atoms with Crippen LogP contribution in [-0.4, -0.2) is 11.6 Å². The highest BCUT2D eigenvalue weighted by Gasteiger charge is 2.05. The Morgan fingerprint density at radius 3 is 2.94 bits per heavy atom. The smallest absolute Gasteiger partial charge is 0.239 e. The molecule has 2 aromatic heterocycles. The molecule has 0 aliphatic carbocycles. The normalized spacial score (nSPS) is 10.3. The Kier molecular flexibility index (Phi) is 4.43. The average Bonchev–Trinajstić information content (AvgIpc) is 2.76. The molecule has 0 fully saturated rings. The lowest BCUT2D eigenvalue weighted by Crippen LogP contribution is -2.04. The largest absolute Gasteiger partial charge is 0.476 e. The molecular weight excluding hydrogens is 314 g/mol. The molecule has 3 N–H and O–H groups in total. The van der Waals surface area contributed by atoms with Crippen molar-refractivity contribution in [1.29, 1.82) is 0 Å². The van der Waals surface area contributed by atoms with E-state index in [1.165, 1.54) is 4.88 Å². The van der Waals surface area contributed by atoms with Crippen molar-refractivity contribution in [2.24, 2.45) is 0 Å². The molecule has 6 heteroatoms. The fourth-order valence-electron chi connectivity index (χ4n) is 1.42. The minimum atomic E-state index is 0.479. The van der Waals surface area contributed by atoms with E-state index in [1.807, 2.05) is 24.4 Å². The molecule has 0 aliphatic heterocycles. The first-order chi connectivity index (χ1) is 8.70. The number of thiophene rings is 1. The number of pyridine rings is 1. The minimum absolute atomic E-state index is 0.479. The number of halogens is 1. The van der Waals surface area contributed by atoms with E-state index in [9.17, 15) is 0 Å². The van der Waals surface area contributed by atoms with E-state index in [0.29, 0.717) is 18.2 Å². The average molecular weight is 328 g/mol.